The lowest BCUT2D eigenvalue weighted by molar-refractivity contribution is 0.497. The molecule has 0 spiro atoms. The largest absolute Gasteiger partial charge is 0.468 e. The zero-order valence-corrected chi connectivity index (χ0v) is 12.6. The molecule has 0 atom stereocenters. The highest BCUT2D eigenvalue weighted by Crippen LogP contribution is 2.08. The van der Waals surface area contributed by atoms with Crippen molar-refractivity contribution in [3.63, 3.8) is 0 Å². The van der Waals surface area contributed by atoms with Crippen LogP contribution in [0.4, 0.5) is 0 Å². The monoisotopic (exact) mass is 313 g/mol. The second-order valence-corrected chi connectivity index (χ2v) is 6.23. The molecule has 0 radical (unpaired) electrons. The second kappa shape index (κ2) is 5.34. The van der Waals surface area contributed by atoms with Gasteiger partial charge in [-0.3, -0.25) is 13.9 Å². The van der Waals surface area contributed by atoms with Crippen molar-refractivity contribution in [1.82, 2.24) is 13.9 Å². The summed E-state index contributed by atoms with van der Waals surface area (Å²) in [7, 11) is -1.43. The van der Waals surface area contributed by atoms with E-state index in [4.69, 9.17) is 4.42 Å². The van der Waals surface area contributed by atoms with Gasteiger partial charge in [-0.05, 0) is 19.1 Å². The van der Waals surface area contributed by atoms with Gasteiger partial charge in [-0.25, -0.2) is 17.9 Å². The molecule has 0 aliphatic heterocycles. The molecule has 0 aliphatic rings. The van der Waals surface area contributed by atoms with E-state index in [1.54, 1.807) is 12.1 Å². The van der Waals surface area contributed by atoms with Gasteiger partial charge < -0.3 is 4.42 Å². The first-order valence-electron chi connectivity index (χ1n) is 6.04. The summed E-state index contributed by atoms with van der Waals surface area (Å²) < 4.78 is 33.8. The van der Waals surface area contributed by atoms with Gasteiger partial charge in [0.25, 0.3) is 5.56 Å². The molecule has 0 saturated heterocycles. The second-order valence-electron chi connectivity index (χ2n) is 4.52. The normalized spacial score (nSPS) is 11.8. The van der Waals surface area contributed by atoms with E-state index in [0.717, 1.165) is 9.13 Å². The van der Waals surface area contributed by atoms with Gasteiger partial charge in [-0.15, -0.1) is 0 Å². The van der Waals surface area contributed by atoms with E-state index in [0.29, 0.717) is 5.76 Å². The van der Waals surface area contributed by atoms with Gasteiger partial charge in [0.2, 0.25) is 10.0 Å². The molecule has 2 rings (SSSR count). The first-order chi connectivity index (χ1) is 9.75. The SMILES string of the molecule is Cc1c(S(=O)(=O)NCc2ccco2)c(=O)n(C)c(=O)n1C. The number of nitrogens with zero attached hydrogens (tertiary/aromatic N) is 2. The van der Waals surface area contributed by atoms with Gasteiger partial charge in [0.05, 0.1) is 12.8 Å². The Morgan fingerprint density at radius 2 is 1.90 bits per heavy atom. The van der Waals surface area contributed by atoms with Crippen LogP contribution in [0.25, 0.3) is 0 Å². The molecule has 21 heavy (non-hydrogen) atoms. The van der Waals surface area contributed by atoms with Crippen LogP contribution in [0, 0.1) is 6.92 Å². The fraction of sp³-hybridized carbons (Fsp3) is 0.333. The molecule has 2 heterocycles. The third-order valence-electron chi connectivity index (χ3n) is 3.19. The summed E-state index contributed by atoms with van der Waals surface area (Å²) in [6.07, 6.45) is 1.42. The summed E-state index contributed by atoms with van der Waals surface area (Å²) in [6.45, 7) is 1.32. The molecule has 9 heteroatoms. The quantitative estimate of drug-likeness (QED) is 0.817. The Labute approximate surface area is 120 Å². The average molecular weight is 313 g/mol. The maximum Gasteiger partial charge on any atom is 0.330 e. The van der Waals surface area contributed by atoms with Crippen molar-refractivity contribution in [2.45, 2.75) is 18.4 Å². The van der Waals surface area contributed by atoms with Gasteiger partial charge in [-0.2, -0.15) is 0 Å². The van der Waals surface area contributed by atoms with Crippen molar-refractivity contribution in [2.75, 3.05) is 0 Å². The van der Waals surface area contributed by atoms with Crippen molar-refractivity contribution in [3.05, 3.63) is 50.7 Å². The number of furan rings is 1. The standard InChI is InChI=1S/C12H15N3O5S/c1-8-10(11(16)15(3)12(17)14(8)2)21(18,19)13-7-9-5-4-6-20-9/h4-6,13H,7H2,1-3H3. The van der Waals surface area contributed by atoms with Crippen molar-refractivity contribution in [2.24, 2.45) is 14.1 Å². The van der Waals surface area contributed by atoms with Crippen LogP contribution in [0.1, 0.15) is 11.5 Å². The average Bonchev–Trinajstić information content (AvgIpc) is 2.94. The van der Waals surface area contributed by atoms with Crippen LogP contribution in [0.2, 0.25) is 0 Å². The van der Waals surface area contributed by atoms with E-state index >= 15 is 0 Å². The highest BCUT2D eigenvalue weighted by molar-refractivity contribution is 7.89. The molecule has 0 aromatic carbocycles. The fourth-order valence-corrected chi connectivity index (χ4v) is 3.24. The van der Waals surface area contributed by atoms with E-state index in [9.17, 15) is 18.0 Å². The summed E-state index contributed by atoms with van der Waals surface area (Å²) in [5.41, 5.74) is -1.36. The number of aromatic nitrogens is 2. The molecule has 0 aliphatic carbocycles. The number of sulfonamides is 1. The number of rotatable bonds is 4. The van der Waals surface area contributed by atoms with Crippen LogP contribution in [-0.4, -0.2) is 17.6 Å². The molecule has 0 unspecified atom stereocenters. The number of hydrogen-bond donors (Lipinski definition) is 1. The third kappa shape index (κ3) is 2.69. The number of hydrogen-bond acceptors (Lipinski definition) is 5. The van der Waals surface area contributed by atoms with Gasteiger partial charge in [-0.1, -0.05) is 0 Å². The molecule has 2 aromatic heterocycles. The molecule has 8 nitrogen and oxygen atoms in total. The van der Waals surface area contributed by atoms with Crippen molar-refractivity contribution >= 4 is 10.0 Å². The topological polar surface area (TPSA) is 103 Å². The highest BCUT2D eigenvalue weighted by atomic mass is 32.2. The predicted molar refractivity (Wildman–Crippen MR) is 74.4 cm³/mol. The summed E-state index contributed by atoms with van der Waals surface area (Å²) >= 11 is 0. The van der Waals surface area contributed by atoms with E-state index < -0.39 is 26.2 Å². The molecule has 2 aromatic rings. The lowest BCUT2D eigenvalue weighted by Gasteiger charge is -2.12. The summed E-state index contributed by atoms with van der Waals surface area (Å²) in [5, 5.41) is 0. The van der Waals surface area contributed by atoms with Crippen LogP contribution < -0.4 is 16.0 Å². The molecular formula is C12H15N3O5S. The van der Waals surface area contributed by atoms with E-state index in [-0.39, 0.29) is 12.2 Å². The van der Waals surface area contributed by atoms with E-state index in [2.05, 4.69) is 4.72 Å². The molecule has 114 valence electrons. The Morgan fingerprint density at radius 3 is 2.48 bits per heavy atom. The van der Waals surface area contributed by atoms with Crippen molar-refractivity contribution in [3.8, 4) is 0 Å². The minimum absolute atomic E-state index is 0.0787. The lowest BCUT2D eigenvalue weighted by atomic mass is 10.4. The highest BCUT2D eigenvalue weighted by Gasteiger charge is 2.25. The summed E-state index contributed by atoms with van der Waals surface area (Å²) in [6, 6.07) is 3.23. The van der Waals surface area contributed by atoms with Gasteiger partial charge in [0, 0.05) is 19.8 Å². The lowest BCUT2D eigenvalue weighted by Crippen LogP contribution is -2.43. The molecule has 1 N–H and O–H groups in total. The van der Waals surface area contributed by atoms with Gasteiger partial charge >= 0.3 is 5.69 Å². The van der Waals surface area contributed by atoms with Crippen LogP contribution in [0.15, 0.2) is 37.3 Å². The molecule has 0 amide bonds. The Morgan fingerprint density at radius 1 is 1.24 bits per heavy atom. The van der Waals surface area contributed by atoms with Crippen molar-refractivity contribution < 1.29 is 12.8 Å². The Bertz CT molecular complexity index is 875. The molecular weight excluding hydrogens is 298 g/mol. The predicted octanol–water partition coefficient (Wildman–Crippen LogP) is -0.536. The minimum Gasteiger partial charge on any atom is -0.468 e. The van der Waals surface area contributed by atoms with Crippen molar-refractivity contribution in [1.29, 1.82) is 0 Å². The Kier molecular flexibility index (Phi) is 3.88. The zero-order chi connectivity index (χ0) is 15.8. The molecule has 0 fully saturated rings. The van der Waals surface area contributed by atoms with Crippen LogP contribution in [-0.2, 0) is 30.7 Å². The minimum atomic E-state index is -4.06. The van der Waals surface area contributed by atoms with Gasteiger partial charge in [0.15, 0.2) is 4.90 Å². The smallest absolute Gasteiger partial charge is 0.330 e. The van der Waals surface area contributed by atoms with E-state index in [1.165, 1.54) is 27.3 Å². The van der Waals surface area contributed by atoms with Crippen LogP contribution >= 0.6 is 0 Å². The summed E-state index contributed by atoms with van der Waals surface area (Å²) in [4.78, 5) is 23.4. The van der Waals surface area contributed by atoms with Crippen LogP contribution in [0.3, 0.4) is 0 Å². The third-order valence-corrected chi connectivity index (χ3v) is 4.72. The maximum absolute atomic E-state index is 12.3. The van der Waals surface area contributed by atoms with E-state index in [1.807, 2.05) is 0 Å². The fourth-order valence-electron chi connectivity index (χ4n) is 1.88. The molecule has 0 saturated carbocycles. The van der Waals surface area contributed by atoms with Crippen LogP contribution in [0.5, 0.6) is 0 Å². The first kappa shape index (κ1) is 15.3. The molecule has 0 bridgehead atoms. The Hall–Kier alpha value is -2.13. The first-order valence-corrected chi connectivity index (χ1v) is 7.52. The zero-order valence-electron chi connectivity index (χ0n) is 11.8. The Balaban J connectivity index is 2.50. The maximum atomic E-state index is 12.3. The summed E-state index contributed by atoms with van der Waals surface area (Å²) in [5.74, 6) is 0.415. The number of nitrogens with one attached hydrogen (secondary N) is 1. The van der Waals surface area contributed by atoms with Gasteiger partial charge in [0.1, 0.15) is 5.76 Å².